The van der Waals surface area contributed by atoms with Crippen LogP contribution in [-0.2, 0) is 4.74 Å². The highest BCUT2D eigenvalue weighted by Gasteiger charge is 2.44. The molecule has 0 unspecified atom stereocenters. The van der Waals surface area contributed by atoms with Gasteiger partial charge in [0.05, 0.1) is 0 Å². The number of fused-ring (bicyclic) bond motifs is 1. The van der Waals surface area contributed by atoms with Gasteiger partial charge in [0.2, 0.25) is 0 Å². The predicted octanol–water partition coefficient (Wildman–Crippen LogP) is 1.12. The summed E-state index contributed by atoms with van der Waals surface area (Å²) >= 11 is 0. The molecule has 1 amide bonds. The van der Waals surface area contributed by atoms with Gasteiger partial charge in [0.1, 0.15) is 5.60 Å². The molecule has 0 bridgehead atoms. The maximum Gasteiger partial charge on any atom is 0.407 e. The Labute approximate surface area is 90.8 Å². The molecule has 86 valence electrons. The van der Waals surface area contributed by atoms with E-state index in [4.69, 9.17) is 4.74 Å². The molecule has 0 aromatic rings. The molecule has 0 aromatic carbocycles. The van der Waals surface area contributed by atoms with E-state index in [0.29, 0.717) is 12.0 Å². The summed E-state index contributed by atoms with van der Waals surface area (Å²) in [6.07, 6.45) is 0.814. The molecule has 4 heteroatoms. The molecule has 15 heavy (non-hydrogen) atoms. The fraction of sp³-hybridized carbons (Fsp3) is 0.909. The van der Waals surface area contributed by atoms with E-state index >= 15 is 0 Å². The van der Waals surface area contributed by atoms with E-state index in [1.165, 1.54) is 0 Å². The molecular formula is C11H20N2O2. The smallest absolute Gasteiger partial charge is 0.407 e. The zero-order valence-electron chi connectivity index (χ0n) is 9.67. The first-order valence-electron chi connectivity index (χ1n) is 5.66. The first-order valence-corrected chi connectivity index (χ1v) is 5.66. The highest BCUT2D eigenvalue weighted by molar-refractivity contribution is 5.68. The number of carbonyl (C=O) groups is 1. The average Bonchev–Trinajstić information content (AvgIpc) is 2.39. The van der Waals surface area contributed by atoms with Crippen LogP contribution < -0.4 is 10.6 Å². The molecule has 0 spiro atoms. The Balaban J connectivity index is 1.76. The van der Waals surface area contributed by atoms with Crippen molar-refractivity contribution in [3.8, 4) is 0 Å². The van der Waals surface area contributed by atoms with E-state index < -0.39 is 5.60 Å². The maximum atomic E-state index is 11.5. The third-order valence-electron chi connectivity index (χ3n) is 3.17. The normalized spacial score (nSPS) is 34.2. The van der Waals surface area contributed by atoms with Crippen molar-refractivity contribution in [1.29, 1.82) is 0 Å². The highest BCUT2D eigenvalue weighted by atomic mass is 16.6. The molecular weight excluding hydrogens is 192 g/mol. The lowest BCUT2D eigenvalue weighted by molar-refractivity contribution is 0.0403. The van der Waals surface area contributed by atoms with Crippen LogP contribution in [0.25, 0.3) is 0 Å². The summed E-state index contributed by atoms with van der Waals surface area (Å²) in [7, 11) is 0. The highest BCUT2D eigenvalue weighted by Crippen LogP contribution is 2.37. The van der Waals surface area contributed by atoms with Gasteiger partial charge in [0, 0.05) is 12.6 Å². The van der Waals surface area contributed by atoms with Gasteiger partial charge in [-0.3, -0.25) is 0 Å². The Bertz CT molecular complexity index is 260. The third-order valence-corrected chi connectivity index (χ3v) is 3.17. The Morgan fingerprint density at radius 1 is 1.40 bits per heavy atom. The summed E-state index contributed by atoms with van der Waals surface area (Å²) in [5.74, 6) is 1.39. The topological polar surface area (TPSA) is 50.4 Å². The van der Waals surface area contributed by atoms with Crippen LogP contribution in [0, 0.1) is 11.8 Å². The van der Waals surface area contributed by atoms with Crippen LogP contribution in [0.5, 0.6) is 0 Å². The van der Waals surface area contributed by atoms with Gasteiger partial charge in [-0.1, -0.05) is 0 Å². The van der Waals surface area contributed by atoms with Gasteiger partial charge >= 0.3 is 6.09 Å². The van der Waals surface area contributed by atoms with E-state index in [9.17, 15) is 4.79 Å². The number of rotatable bonds is 1. The van der Waals surface area contributed by atoms with Crippen molar-refractivity contribution in [3.63, 3.8) is 0 Å². The molecule has 1 aliphatic carbocycles. The summed E-state index contributed by atoms with van der Waals surface area (Å²) in [4.78, 5) is 11.5. The summed E-state index contributed by atoms with van der Waals surface area (Å²) in [6.45, 7) is 7.79. The molecule has 2 rings (SSSR count). The van der Waals surface area contributed by atoms with Crippen molar-refractivity contribution >= 4 is 6.09 Å². The number of amides is 1. The standard InChI is InChI=1S/C11H20N2O2/c1-11(2,3)15-10(14)13-9-4-7-5-12-6-8(7)9/h7-9,12H,4-6H2,1-3H3,(H,13,14)/t7-,8+,9+/m1/s1. The lowest BCUT2D eigenvalue weighted by Gasteiger charge is -2.40. The van der Waals surface area contributed by atoms with E-state index in [1.807, 2.05) is 20.8 Å². The van der Waals surface area contributed by atoms with Crippen LogP contribution >= 0.6 is 0 Å². The molecule has 0 radical (unpaired) electrons. The summed E-state index contributed by atoms with van der Waals surface area (Å²) in [5.41, 5.74) is -0.402. The van der Waals surface area contributed by atoms with Crippen LogP contribution in [0.3, 0.4) is 0 Å². The van der Waals surface area contributed by atoms with Gasteiger partial charge in [-0.15, -0.1) is 0 Å². The SMILES string of the molecule is CC(C)(C)OC(=O)N[C@H]1C[C@@H]2CNC[C@@H]21. The van der Waals surface area contributed by atoms with Crippen molar-refractivity contribution in [2.24, 2.45) is 11.8 Å². The minimum Gasteiger partial charge on any atom is -0.444 e. The molecule has 2 N–H and O–H groups in total. The number of alkyl carbamates (subject to hydrolysis) is 1. The average molecular weight is 212 g/mol. The largest absolute Gasteiger partial charge is 0.444 e. The van der Waals surface area contributed by atoms with Gasteiger partial charge in [-0.2, -0.15) is 0 Å². The van der Waals surface area contributed by atoms with Gasteiger partial charge in [-0.05, 0) is 45.6 Å². The fourth-order valence-electron chi connectivity index (χ4n) is 2.41. The molecule has 0 aromatic heterocycles. The second-order valence-electron chi connectivity index (χ2n) is 5.57. The summed E-state index contributed by atoms with van der Waals surface area (Å²) < 4.78 is 5.22. The van der Waals surface area contributed by atoms with Crippen molar-refractivity contribution in [2.75, 3.05) is 13.1 Å². The van der Waals surface area contributed by atoms with Gasteiger partial charge in [0.15, 0.2) is 0 Å². The molecule has 1 heterocycles. The number of hydrogen-bond donors (Lipinski definition) is 2. The quantitative estimate of drug-likeness (QED) is 0.685. The van der Waals surface area contributed by atoms with E-state index in [2.05, 4.69) is 10.6 Å². The van der Waals surface area contributed by atoms with E-state index in [-0.39, 0.29) is 6.09 Å². The summed E-state index contributed by atoms with van der Waals surface area (Å²) in [5, 5.41) is 6.29. The Morgan fingerprint density at radius 2 is 2.13 bits per heavy atom. The Morgan fingerprint density at radius 3 is 2.73 bits per heavy atom. The first-order chi connectivity index (χ1) is 6.96. The van der Waals surface area contributed by atoms with Crippen LogP contribution in [-0.4, -0.2) is 30.8 Å². The molecule has 1 aliphatic heterocycles. The monoisotopic (exact) mass is 212 g/mol. The zero-order chi connectivity index (χ0) is 11.1. The van der Waals surface area contributed by atoms with Gasteiger partial charge in [0.25, 0.3) is 0 Å². The van der Waals surface area contributed by atoms with Crippen molar-refractivity contribution in [1.82, 2.24) is 10.6 Å². The second-order valence-corrected chi connectivity index (χ2v) is 5.57. The number of carbonyl (C=O) groups excluding carboxylic acids is 1. The minimum absolute atomic E-state index is 0.280. The maximum absolute atomic E-state index is 11.5. The van der Waals surface area contributed by atoms with Crippen molar-refractivity contribution in [3.05, 3.63) is 0 Å². The van der Waals surface area contributed by atoms with Crippen LogP contribution in [0.15, 0.2) is 0 Å². The molecule has 2 aliphatic rings. The van der Waals surface area contributed by atoms with Crippen molar-refractivity contribution < 1.29 is 9.53 Å². The van der Waals surface area contributed by atoms with Crippen LogP contribution in [0.4, 0.5) is 4.79 Å². The van der Waals surface area contributed by atoms with Gasteiger partial charge in [-0.25, -0.2) is 4.79 Å². The lowest BCUT2D eigenvalue weighted by atomic mass is 9.71. The number of nitrogens with one attached hydrogen (secondary N) is 2. The van der Waals surface area contributed by atoms with E-state index in [0.717, 1.165) is 25.4 Å². The second kappa shape index (κ2) is 3.67. The first kappa shape index (κ1) is 10.7. The Kier molecular flexibility index (Phi) is 2.63. The van der Waals surface area contributed by atoms with Crippen LogP contribution in [0.2, 0.25) is 0 Å². The molecule has 1 saturated heterocycles. The summed E-state index contributed by atoms with van der Waals surface area (Å²) in [6, 6.07) is 0.319. The van der Waals surface area contributed by atoms with Crippen molar-refractivity contribution in [2.45, 2.75) is 38.8 Å². The molecule has 2 fully saturated rings. The fourth-order valence-corrected chi connectivity index (χ4v) is 2.41. The Hall–Kier alpha value is -0.770. The molecule has 3 atom stereocenters. The third kappa shape index (κ3) is 2.43. The van der Waals surface area contributed by atoms with Crippen LogP contribution in [0.1, 0.15) is 27.2 Å². The lowest BCUT2D eigenvalue weighted by Crippen LogP contribution is -2.52. The molecule has 1 saturated carbocycles. The van der Waals surface area contributed by atoms with Gasteiger partial charge < -0.3 is 15.4 Å². The zero-order valence-corrected chi connectivity index (χ0v) is 9.67. The number of ether oxygens (including phenoxy) is 1. The molecule has 4 nitrogen and oxygen atoms in total. The predicted molar refractivity (Wildman–Crippen MR) is 57.6 cm³/mol. The van der Waals surface area contributed by atoms with E-state index in [1.54, 1.807) is 0 Å². The minimum atomic E-state index is -0.402. The number of hydrogen-bond acceptors (Lipinski definition) is 3.